The molecule has 1 saturated heterocycles. The van der Waals surface area contributed by atoms with Crippen LogP contribution in [0.3, 0.4) is 0 Å². The first-order valence-corrected chi connectivity index (χ1v) is 6.44. The molecule has 98 valence electrons. The van der Waals surface area contributed by atoms with Crippen molar-refractivity contribution in [3.63, 3.8) is 0 Å². The van der Waals surface area contributed by atoms with Crippen molar-refractivity contribution in [2.75, 3.05) is 13.2 Å². The van der Waals surface area contributed by atoms with E-state index in [0.29, 0.717) is 12.1 Å². The summed E-state index contributed by atoms with van der Waals surface area (Å²) in [6.07, 6.45) is 4.05. The van der Waals surface area contributed by atoms with Crippen molar-refractivity contribution >= 4 is 12.6 Å². The van der Waals surface area contributed by atoms with E-state index in [1.807, 2.05) is 12.1 Å². The average Bonchev–Trinajstić information content (AvgIpc) is 2.40. The van der Waals surface area contributed by atoms with E-state index in [1.165, 1.54) is 6.42 Å². The molecule has 0 radical (unpaired) electrons. The van der Waals surface area contributed by atoms with Crippen LogP contribution in [-0.2, 0) is 15.9 Å². The minimum Gasteiger partial charge on any atom is -0.423 e. The second-order valence-electron chi connectivity index (χ2n) is 4.53. The lowest BCUT2D eigenvalue weighted by Gasteiger charge is -2.22. The molecule has 18 heavy (non-hydrogen) atoms. The summed E-state index contributed by atoms with van der Waals surface area (Å²) < 4.78 is 11.1. The van der Waals surface area contributed by atoms with E-state index in [4.69, 9.17) is 19.5 Å². The van der Waals surface area contributed by atoms with Gasteiger partial charge in [-0.3, -0.25) is 0 Å². The molecule has 0 aliphatic carbocycles. The molecule has 1 aliphatic rings. The summed E-state index contributed by atoms with van der Waals surface area (Å²) in [7, 11) is -1.40. The van der Waals surface area contributed by atoms with Gasteiger partial charge in [0.05, 0.1) is 6.61 Å². The maximum Gasteiger partial charge on any atom is 0.488 e. The zero-order chi connectivity index (χ0) is 12.8. The monoisotopic (exact) mass is 250 g/mol. The van der Waals surface area contributed by atoms with Crippen LogP contribution in [0.2, 0.25) is 0 Å². The first-order valence-electron chi connectivity index (χ1n) is 6.44. The van der Waals surface area contributed by atoms with Gasteiger partial charge in [0.25, 0.3) is 0 Å². The summed E-state index contributed by atoms with van der Waals surface area (Å²) in [5.41, 5.74) is 1.63. The minimum absolute atomic E-state index is 0.0442. The molecular formula is C13H19BO4. The van der Waals surface area contributed by atoms with Crippen molar-refractivity contribution in [1.82, 2.24) is 0 Å². The molecule has 0 spiro atoms. The molecule has 0 bridgehead atoms. The molecule has 0 amide bonds. The molecular weight excluding hydrogens is 231 g/mol. The Bertz CT molecular complexity index is 347. The van der Waals surface area contributed by atoms with E-state index < -0.39 is 7.12 Å². The van der Waals surface area contributed by atoms with Gasteiger partial charge in [-0.25, -0.2) is 0 Å². The smallest absolute Gasteiger partial charge is 0.423 e. The maximum absolute atomic E-state index is 8.98. The van der Waals surface area contributed by atoms with E-state index in [-0.39, 0.29) is 6.29 Å². The Morgan fingerprint density at radius 3 is 2.61 bits per heavy atom. The fraction of sp³-hybridized carbons (Fsp3) is 0.538. The van der Waals surface area contributed by atoms with Crippen molar-refractivity contribution in [2.24, 2.45) is 0 Å². The van der Waals surface area contributed by atoms with Crippen LogP contribution in [-0.4, -0.2) is 36.7 Å². The fourth-order valence-corrected chi connectivity index (χ4v) is 2.01. The third kappa shape index (κ3) is 4.10. The first-order chi connectivity index (χ1) is 8.75. The summed E-state index contributed by atoms with van der Waals surface area (Å²) in [6, 6.07) is 7.22. The Labute approximate surface area is 108 Å². The number of rotatable bonds is 5. The van der Waals surface area contributed by atoms with Gasteiger partial charge in [-0.15, -0.1) is 0 Å². The third-order valence-corrected chi connectivity index (χ3v) is 3.11. The van der Waals surface area contributed by atoms with E-state index >= 15 is 0 Å². The Balaban J connectivity index is 1.72. The first kappa shape index (κ1) is 13.6. The average molecular weight is 250 g/mol. The second-order valence-corrected chi connectivity index (χ2v) is 4.53. The van der Waals surface area contributed by atoms with Gasteiger partial charge in [0.15, 0.2) is 6.29 Å². The third-order valence-electron chi connectivity index (χ3n) is 3.11. The summed E-state index contributed by atoms with van der Waals surface area (Å²) in [6.45, 7) is 1.43. The summed E-state index contributed by atoms with van der Waals surface area (Å²) in [5, 5.41) is 18.0. The van der Waals surface area contributed by atoms with Gasteiger partial charge in [-0.05, 0) is 36.7 Å². The van der Waals surface area contributed by atoms with Gasteiger partial charge in [0.2, 0.25) is 0 Å². The van der Waals surface area contributed by atoms with Crippen molar-refractivity contribution < 1.29 is 19.5 Å². The highest BCUT2D eigenvalue weighted by Crippen LogP contribution is 2.13. The summed E-state index contributed by atoms with van der Waals surface area (Å²) >= 11 is 0. The summed E-state index contributed by atoms with van der Waals surface area (Å²) in [5.74, 6) is 0. The van der Waals surface area contributed by atoms with E-state index in [1.54, 1.807) is 12.1 Å². The molecule has 1 atom stereocenters. The normalized spacial score (nSPS) is 19.8. The second kappa shape index (κ2) is 6.90. The van der Waals surface area contributed by atoms with Gasteiger partial charge in [0, 0.05) is 6.61 Å². The lowest BCUT2D eigenvalue weighted by Crippen LogP contribution is -2.29. The summed E-state index contributed by atoms with van der Waals surface area (Å²) in [4.78, 5) is 0. The molecule has 1 fully saturated rings. The zero-order valence-electron chi connectivity index (χ0n) is 10.4. The Kier molecular flexibility index (Phi) is 5.19. The Hall–Kier alpha value is -0.875. The van der Waals surface area contributed by atoms with Crippen LogP contribution in [0.1, 0.15) is 24.8 Å². The molecule has 0 saturated carbocycles. The van der Waals surface area contributed by atoms with Crippen LogP contribution < -0.4 is 5.46 Å². The van der Waals surface area contributed by atoms with E-state index in [2.05, 4.69) is 0 Å². The molecule has 0 aromatic heterocycles. The number of hydrogen-bond donors (Lipinski definition) is 2. The number of ether oxygens (including phenoxy) is 2. The van der Waals surface area contributed by atoms with Gasteiger partial charge < -0.3 is 19.5 Å². The lowest BCUT2D eigenvalue weighted by molar-refractivity contribution is -0.161. The molecule has 5 heteroatoms. The van der Waals surface area contributed by atoms with Crippen LogP contribution in [0.25, 0.3) is 0 Å². The molecule has 2 N–H and O–H groups in total. The maximum atomic E-state index is 8.98. The molecule has 2 rings (SSSR count). The van der Waals surface area contributed by atoms with Crippen molar-refractivity contribution in [2.45, 2.75) is 32.0 Å². The van der Waals surface area contributed by atoms with Crippen molar-refractivity contribution in [3.05, 3.63) is 29.8 Å². The van der Waals surface area contributed by atoms with Crippen LogP contribution >= 0.6 is 0 Å². The zero-order valence-corrected chi connectivity index (χ0v) is 10.4. The highest BCUT2D eigenvalue weighted by atomic mass is 16.7. The van der Waals surface area contributed by atoms with Crippen molar-refractivity contribution in [1.29, 1.82) is 0 Å². The Morgan fingerprint density at radius 2 is 2.00 bits per heavy atom. The van der Waals surface area contributed by atoms with Gasteiger partial charge in [-0.2, -0.15) is 0 Å². The van der Waals surface area contributed by atoms with Crippen molar-refractivity contribution in [3.8, 4) is 0 Å². The van der Waals surface area contributed by atoms with E-state index in [0.717, 1.165) is 31.4 Å². The fourth-order valence-electron chi connectivity index (χ4n) is 2.01. The van der Waals surface area contributed by atoms with Crippen LogP contribution in [0.4, 0.5) is 0 Å². The SMILES string of the molecule is OB(O)c1ccc(CCOC2CCCCO2)cc1. The molecule has 1 aromatic carbocycles. The highest BCUT2D eigenvalue weighted by Gasteiger charge is 2.14. The standard InChI is InChI=1S/C13H19BO4/c15-14(16)12-6-4-11(5-7-12)8-10-18-13-3-1-2-9-17-13/h4-7,13,15-16H,1-3,8-10H2. The minimum atomic E-state index is -1.40. The molecule has 1 aromatic rings. The van der Waals surface area contributed by atoms with E-state index in [9.17, 15) is 0 Å². The molecule has 4 nitrogen and oxygen atoms in total. The predicted molar refractivity (Wildman–Crippen MR) is 69.5 cm³/mol. The molecule has 1 heterocycles. The molecule has 1 aliphatic heterocycles. The molecule has 1 unspecified atom stereocenters. The van der Waals surface area contributed by atoms with Crippen LogP contribution in [0.15, 0.2) is 24.3 Å². The lowest BCUT2D eigenvalue weighted by atomic mass is 9.80. The van der Waals surface area contributed by atoms with Crippen LogP contribution in [0, 0.1) is 0 Å². The highest BCUT2D eigenvalue weighted by molar-refractivity contribution is 6.58. The largest absolute Gasteiger partial charge is 0.488 e. The van der Waals surface area contributed by atoms with Gasteiger partial charge in [-0.1, -0.05) is 24.3 Å². The number of hydrogen-bond acceptors (Lipinski definition) is 4. The number of benzene rings is 1. The quantitative estimate of drug-likeness (QED) is 0.745. The van der Waals surface area contributed by atoms with Crippen LogP contribution in [0.5, 0.6) is 0 Å². The topological polar surface area (TPSA) is 58.9 Å². The predicted octanol–water partition coefficient (Wildman–Crippen LogP) is 0.452. The Morgan fingerprint density at radius 1 is 1.22 bits per heavy atom. The van der Waals surface area contributed by atoms with Gasteiger partial charge in [0.1, 0.15) is 0 Å². The van der Waals surface area contributed by atoms with Gasteiger partial charge >= 0.3 is 7.12 Å².